The van der Waals surface area contributed by atoms with Crippen molar-refractivity contribution >= 4 is 23.3 Å². The Labute approximate surface area is 118 Å². The summed E-state index contributed by atoms with van der Waals surface area (Å²) in [6.07, 6.45) is 1.00. The van der Waals surface area contributed by atoms with Crippen LogP contribution >= 0.6 is 11.6 Å². The summed E-state index contributed by atoms with van der Waals surface area (Å²) in [5.74, 6) is -0.459. The van der Waals surface area contributed by atoms with Crippen LogP contribution in [-0.4, -0.2) is 42.2 Å². The van der Waals surface area contributed by atoms with Crippen LogP contribution in [0.5, 0.6) is 0 Å². The molecule has 0 spiro atoms. The van der Waals surface area contributed by atoms with E-state index in [1.54, 1.807) is 18.2 Å². The summed E-state index contributed by atoms with van der Waals surface area (Å²) < 4.78 is 0. The lowest BCUT2D eigenvalue weighted by molar-refractivity contribution is 0.0697. The van der Waals surface area contributed by atoms with Crippen LogP contribution in [-0.2, 0) is 0 Å². The van der Waals surface area contributed by atoms with Crippen molar-refractivity contribution < 1.29 is 9.90 Å². The van der Waals surface area contributed by atoms with Crippen molar-refractivity contribution in [2.45, 2.75) is 19.4 Å². The highest BCUT2D eigenvalue weighted by atomic mass is 35.5. The van der Waals surface area contributed by atoms with Gasteiger partial charge in [-0.3, -0.25) is 0 Å². The second kappa shape index (κ2) is 5.80. The van der Waals surface area contributed by atoms with E-state index in [-0.39, 0.29) is 11.6 Å². The summed E-state index contributed by atoms with van der Waals surface area (Å²) in [4.78, 5) is 13.5. The van der Waals surface area contributed by atoms with Crippen LogP contribution in [0.2, 0.25) is 5.02 Å². The Hall–Kier alpha value is -1.26. The largest absolute Gasteiger partial charge is 0.478 e. The Kier molecular flexibility index (Phi) is 4.32. The van der Waals surface area contributed by atoms with Gasteiger partial charge in [-0.2, -0.15) is 0 Å². The lowest BCUT2D eigenvalue weighted by Gasteiger charge is -2.36. The van der Waals surface area contributed by atoms with Gasteiger partial charge in [-0.15, -0.1) is 0 Å². The molecule has 1 aromatic carbocycles. The Bertz CT molecular complexity index is 479. The Morgan fingerprint density at radius 3 is 2.89 bits per heavy atom. The van der Waals surface area contributed by atoms with Gasteiger partial charge in [0.1, 0.15) is 0 Å². The summed E-state index contributed by atoms with van der Waals surface area (Å²) in [6, 6.07) is 5.13. The third-order valence-corrected chi connectivity index (χ3v) is 3.90. The maximum absolute atomic E-state index is 11.2. The van der Waals surface area contributed by atoms with Crippen LogP contribution < -0.4 is 5.32 Å². The highest BCUT2D eigenvalue weighted by molar-refractivity contribution is 6.31. The first-order chi connectivity index (χ1) is 8.97. The van der Waals surface area contributed by atoms with Crippen LogP contribution in [0.25, 0.3) is 0 Å². The number of halogens is 1. The van der Waals surface area contributed by atoms with Gasteiger partial charge in [0.25, 0.3) is 0 Å². The lowest BCUT2D eigenvalue weighted by Crippen LogP contribution is -2.43. The fourth-order valence-electron chi connectivity index (χ4n) is 2.59. The fourth-order valence-corrected chi connectivity index (χ4v) is 2.76. The van der Waals surface area contributed by atoms with Crippen LogP contribution in [0.3, 0.4) is 0 Å². The zero-order valence-corrected chi connectivity index (χ0v) is 11.9. The molecule has 0 saturated carbocycles. The Morgan fingerprint density at radius 1 is 1.53 bits per heavy atom. The molecule has 5 heteroatoms. The topological polar surface area (TPSA) is 52.6 Å². The van der Waals surface area contributed by atoms with Crippen LogP contribution in [0, 0.1) is 5.92 Å². The molecule has 1 aromatic rings. The molecule has 0 bridgehead atoms. The van der Waals surface area contributed by atoms with Crippen molar-refractivity contribution in [3.05, 3.63) is 28.8 Å². The molecule has 4 nitrogen and oxygen atoms in total. The predicted molar refractivity (Wildman–Crippen MR) is 77.1 cm³/mol. The molecule has 0 aromatic heterocycles. The van der Waals surface area contributed by atoms with Crippen LogP contribution in [0.4, 0.5) is 5.69 Å². The fraction of sp³-hybridized carbons (Fsp3) is 0.500. The van der Waals surface area contributed by atoms with Gasteiger partial charge in [0.15, 0.2) is 0 Å². The molecule has 1 aliphatic heterocycles. The number of hydrogen-bond acceptors (Lipinski definition) is 3. The molecule has 1 saturated heterocycles. The van der Waals surface area contributed by atoms with Crippen LogP contribution in [0.15, 0.2) is 18.2 Å². The summed E-state index contributed by atoms with van der Waals surface area (Å²) in [7, 11) is 2.11. The van der Waals surface area contributed by atoms with E-state index in [4.69, 9.17) is 11.6 Å². The lowest BCUT2D eigenvalue weighted by atomic mass is 9.93. The molecule has 0 amide bonds. The molecule has 19 heavy (non-hydrogen) atoms. The van der Waals surface area contributed by atoms with Gasteiger partial charge < -0.3 is 15.3 Å². The molecule has 0 aliphatic carbocycles. The van der Waals surface area contributed by atoms with Gasteiger partial charge >= 0.3 is 5.97 Å². The average molecular weight is 283 g/mol. The first kappa shape index (κ1) is 14.2. The minimum atomic E-state index is -0.931. The second-order valence-electron chi connectivity index (χ2n) is 5.27. The molecule has 2 rings (SSSR count). The number of carbonyl (C=O) groups is 1. The SMILES string of the molecule is CC1CN(C)CCC1Nc1cc(Cl)ccc1C(=O)O. The number of hydrogen-bond donors (Lipinski definition) is 2. The van der Waals surface area contributed by atoms with Gasteiger partial charge in [0.05, 0.1) is 11.3 Å². The van der Waals surface area contributed by atoms with Crippen LogP contribution in [0.1, 0.15) is 23.7 Å². The third-order valence-electron chi connectivity index (χ3n) is 3.66. The van der Waals surface area contributed by atoms with E-state index in [0.29, 0.717) is 16.6 Å². The van der Waals surface area contributed by atoms with Crippen molar-refractivity contribution in [2.75, 3.05) is 25.5 Å². The second-order valence-corrected chi connectivity index (χ2v) is 5.71. The summed E-state index contributed by atoms with van der Waals surface area (Å²) in [6.45, 7) is 4.21. The van der Waals surface area contributed by atoms with E-state index >= 15 is 0 Å². The highest BCUT2D eigenvalue weighted by Gasteiger charge is 2.25. The zero-order chi connectivity index (χ0) is 14.0. The normalized spacial score (nSPS) is 24.2. The number of anilines is 1. The zero-order valence-electron chi connectivity index (χ0n) is 11.2. The Morgan fingerprint density at radius 2 is 2.26 bits per heavy atom. The monoisotopic (exact) mass is 282 g/mol. The number of benzene rings is 1. The molecule has 2 unspecified atom stereocenters. The number of carboxylic acid groups (broad SMARTS) is 1. The van der Waals surface area contributed by atoms with Gasteiger partial charge in [-0.05, 0) is 44.1 Å². The van der Waals surface area contributed by atoms with E-state index in [0.717, 1.165) is 19.5 Å². The molecule has 104 valence electrons. The standard InChI is InChI=1S/C14H19ClN2O2/c1-9-8-17(2)6-5-12(9)16-13-7-10(15)3-4-11(13)14(18)19/h3-4,7,9,12,16H,5-6,8H2,1-2H3,(H,18,19). The number of aromatic carboxylic acids is 1. The van der Waals surface area contributed by atoms with Crippen molar-refractivity contribution in [3.63, 3.8) is 0 Å². The number of carboxylic acids is 1. The molecular formula is C14H19ClN2O2. The maximum Gasteiger partial charge on any atom is 0.337 e. The van der Waals surface area contributed by atoms with Crippen molar-refractivity contribution in [2.24, 2.45) is 5.92 Å². The Balaban J connectivity index is 2.18. The quantitative estimate of drug-likeness (QED) is 0.895. The van der Waals surface area contributed by atoms with E-state index in [1.807, 2.05) is 0 Å². The van der Waals surface area contributed by atoms with Gasteiger partial charge in [0, 0.05) is 17.6 Å². The van der Waals surface area contributed by atoms with Gasteiger partial charge in [-0.1, -0.05) is 18.5 Å². The van der Waals surface area contributed by atoms with Crippen molar-refractivity contribution in [1.82, 2.24) is 4.90 Å². The minimum absolute atomic E-state index is 0.274. The molecular weight excluding hydrogens is 264 g/mol. The van der Waals surface area contributed by atoms with E-state index in [2.05, 4.69) is 24.2 Å². The van der Waals surface area contributed by atoms with Crippen molar-refractivity contribution in [1.29, 1.82) is 0 Å². The number of piperidine rings is 1. The number of nitrogens with one attached hydrogen (secondary N) is 1. The third kappa shape index (κ3) is 3.39. The van der Waals surface area contributed by atoms with Gasteiger partial charge in [0.2, 0.25) is 0 Å². The average Bonchev–Trinajstić information content (AvgIpc) is 2.32. The number of nitrogens with zero attached hydrogens (tertiary/aromatic N) is 1. The molecule has 1 heterocycles. The summed E-state index contributed by atoms with van der Waals surface area (Å²) >= 11 is 5.96. The first-order valence-electron chi connectivity index (χ1n) is 6.45. The van der Waals surface area contributed by atoms with E-state index in [9.17, 15) is 9.90 Å². The minimum Gasteiger partial charge on any atom is -0.478 e. The summed E-state index contributed by atoms with van der Waals surface area (Å²) in [5, 5.41) is 13.1. The van der Waals surface area contributed by atoms with E-state index in [1.165, 1.54) is 0 Å². The summed E-state index contributed by atoms with van der Waals surface area (Å²) in [5.41, 5.74) is 0.886. The molecule has 0 radical (unpaired) electrons. The molecule has 1 fully saturated rings. The number of likely N-dealkylation sites (tertiary alicyclic amines) is 1. The first-order valence-corrected chi connectivity index (χ1v) is 6.83. The van der Waals surface area contributed by atoms with E-state index < -0.39 is 5.97 Å². The number of rotatable bonds is 3. The van der Waals surface area contributed by atoms with Crippen molar-refractivity contribution in [3.8, 4) is 0 Å². The van der Waals surface area contributed by atoms with Gasteiger partial charge in [-0.25, -0.2) is 4.79 Å². The smallest absolute Gasteiger partial charge is 0.337 e. The highest BCUT2D eigenvalue weighted by Crippen LogP contribution is 2.26. The molecule has 2 atom stereocenters. The molecule has 2 N–H and O–H groups in total. The predicted octanol–water partition coefficient (Wildman–Crippen LogP) is 2.79. The molecule has 1 aliphatic rings. The maximum atomic E-state index is 11.2.